The topological polar surface area (TPSA) is 251 Å². The van der Waals surface area contributed by atoms with Crippen molar-refractivity contribution < 1.29 is 43.4 Å². The highest BCUT2D eigenvalue weighted by Gasteiger charge is 2.22. The summed E-state index contributed by atoms with van der Waals surface area (Å²) in [5.74, 6) is -0.504. The Labute approximate surface area is 300 Å². The molecule has 0 radical (unpaired) electrons. The molecule has 0 aliphatic heterocycles. The molecule has 1 atom stereocenters. The number of carboxylic acid groups (broad SMARTS) is 1. The minimum atomic E-state index is -4.35. The maximum Gasteiger partial charge on any atom is 0.345 e. The van der Waals surface area contributed by atoms with Crippen molar-refractivity contribution in [2.24, 2.45) is 0 Å². The van der Waals surface area contributed by atoms with E-state index >= 15 is 0 Å². The second kappa shape index (κ2) is 23.8. The first-order chi connectivity index (χ1) is 22.8. The highest BCUT2D eigenvalue weighted by molar-refractivity contribution is 7.94. The van der Waals surface area contributed by atoms with Gasteiger partial charge in [0.05, 0.1) is 48.7 Å². The molecule has 2 aromatic carbocycles. The molecule has 1 aromatic heterocycles. The molecule has 0 saturated heterocycles. The molecule has 0 amide bonds. The lowest BCUT2D eigenvalue weighted by Gasteiger charge is -2.14. The number of benzene rings is 2. The van der Waals surface area contributed by atoms with Crippen LogP contribution in [0, 0.1) is 10.1 Å². The third kappa shape index (κ3) is 21.3. The number of ether oxygens (including phenoxy) is 2. The van der Waals surface area contributed by atoms with Crippen LogP contribution in [0.15, 0.2) is 36.4 Å². The van der Waals surface area contributed by atoms with Gasteiger partial charge in [0.15, 0.2) is 0 Å². The maximum absolute atomic E-state index is 11.6. The Kier molecular flexibility index (Phi) is 22.1. The van der Waals surface area contributed by atoms with Crippen LogP contribution in [-0.2, 0) is 25.0 Å². The van der Waals surface area contributed by atoms with Crippen molar-refractivity contribution in [3.05, 3.63) is 67.4 Å². The van der Waals surface area contributed by atoms with Crippen molar-refractivity contribution >= 4 is 82.8 Å². The normalized spacial score (nSPS) is 11.2. The predicted molar refractivity (Wildman–Crippen MR) is 190 cm³/mol. The fraction of sp³-hybridized carbons (Fsp3) is 0.370. The Morgan fingerprint density at radius 3 is 1.98 bits per heavy atom. The van der Waals surface area contributed by atoms with E-state index in [0.717, 1.165) is 26.3 Å². The zero-order chi connectivity index (χ0) is 37.7. The first kappa shape index (κ1) is 45.5. The summed E-state index contributed by atoms with van der Waals surface area (Å²) in [6.45, 7) is 4.96. The fourth-order valence-electron chi connectivity index (χ4n) is 2.82. The number of aromatic nitrogens is 3. The van der Waals surface area contributed by atoms with E-state index < -0.39 is 37.3 Å². The molecule has 0 spiro atoms. The van der Waals surface area contributed by atoms with Gasteiger partial charge in [-0.05, 0) is 60.6 Å². The Morgan fingerprint density at radius 2 is 1.55 bits per heavy atom. The largest absolute Gasteiger partial charge is 0.778 e. The van der Waals surface area contributed by atoms with E-state index in [0.29, 0.717) is 33.6 Å². The predicted octanol–water partition coefficient (Wildman–Crippen LogP) is 4.53. The number of nitro benzene ring substituents is 1. The molecule has 3 rings (SSSR count). The number of carboxylic acids is 1. The highest BCUT2D eigenvalue weighted by Crippen LogP contribution is 2.33. The first-order valence-electron chi connectivity index (χ1n) is 13.7. The Morgan fingerprint density at radius 1 is 1.00 bits per heavy atom. The molecule has 272 valence electrons. The van der Waals surface area contributed by atoms with Gasteiger partial charge in [-0.25, -0.2) is 4.79 Å². The highest BCUT2D eigenvalue weighted by atomic mass is 35.5. The molecule has 0 fully saturated rings. The summed E-state index contributed by atoms with van der Waals surface area (Å²) >= 11 is 17.4. The van der Waals surface area contributed by atoms with Crippen LogP contribution in [0.25, 0.3) is 0 Å². The molecule has 17 nitrogen and oxygen atoms in total. The number of rotatable bonds is 12. The third-order valence-corrected chi connectivity index (χ3v) is 5.88. The molecule has 1 heterocycles. The number of methoxy groups -OCH3 is 1. The van der Waals surface area contributed by atoms with Crippen molar-refractivity contribution in [1.82, 2.24) is 20.3 Å². The number of aliphatic carboxylic acids is 1. The SMILES string of the molecule is CCNc1nc(Cl)nc(NCC)n1.COC(=O)c1cc(Oc2ccc(Cl)cc2Cl)ccc1[N+](=O)[O-].C[S+](C)C.O=C(O)CNCP(=O)([O-])O. The van der Waals surface area contributed by atoms with Crippen molar-refractivity contribution in [2.75, 3.05) is 62.4 Å². The second-order valence-electron chi connectivity index (χ2n) is 9.26. The number of hydrogen-bond acceptors (Lipinski definition) is 14. The molecule has 0 bridgehead atoms. The van der Waals surface area contributed by atoms with Crippen LogP contribution in [0.3, 0.4) is 0 Å². The van der Waals surface area contributed by atoms with E-state index in [2.05, 4.69) is 49.1 Å². The average molecular weight is 789 g/mol. The van der Waals surface area contributed by atoms with Gasteiger partial charge in [-0.1, -0.05) is 23.2 Å². The van der Waals surface area contributed by atoms with E-state index in [1.54, 1.807) is 12.1 Å². The van der Waals surface area contributed by atoms with E-state index in [9.17, 15) is 29.2 Å². The monoisotopic (exact) mass is 787 g/mol. The summed E-state index contributed by atoms with van der Waals surface area (Å²) < 4.78 is 20.0. The lowest BCUT2D eigenvalue weighted by atomic mass is 10.1. The molecule has 49 heavy (non-hydrogen) atoms. The molecular formula is C27H37Cl3N7O10PS. The van der Waals surface area contributed by atoms with Crippen molar-refractivity contribution in [3.8, 4) is 11.5 Å². The standard InChI is InChI=1S/C14H9Cl2NO5.C7H12ClN5.C3H8NO5P.C3H9S/c1-21-14(18)10-7-9(3-4-12(10)17(19)20)22-13-5-2-8(15)6-11(13)16;1-3-9-6-11-5(8)12-7(13-6)10-4-2;5-3(6)1-4-2-10(7,8)9;1-4(2)3/h2-7H,1H3;3-4H2,1-2H3,(H2,9,10,11,12,13);4H,1-2H2,(H,5,6)(H2,7,8,9);1-3H3/q;;;+1/p-1. The van der Waals surface area contributed by atoms with Crippen LogP contribution in [0.2, 0.25) is 15.3 Å². The molecule has 5 N–H and O–H groups in total. The molecule has 0 aliphatic rings. The number of anilines is 2. The minimum absolute atomic E-state index is 0.196. The number of halogens is 3. The van der Waals surface area contributed by atoms with E-state index in [1.807, 2.05) is 19.2 Å². The number of carbonyl (C=O) groups excluding carboxylic acids is 1. The van der Waals surface area contributed by atoms with Gasteiger partial charge < -0.3 is 39.6 Å². The quantitative estimate of drug-likeness (QED) is 0.0556. The summed E-state index contributed by atoms with van der Waals surface area (Å²) in [5.41, 5.74) is -0.587. The van der Waals surface area contributed by atoms with Crippen LogP contribution in [0.1, 0.15) is 24.2 Å². The van der Waals surface area contributed by atoms with Gasteiger partial charge in [-0.3, -0.25) is 20.2 Å². The van der Waals surface area contributed by atoms with Gasteiger partial charge in [-0.2, -0.15) is 15.0 Å². The first-order valence-corrected chi connectivity index (χ1v) is 19.0. The Hall–Kier alpha value is -3.48. The van der Waals surface area contributed by atoms with Gasteiger partial charge >= 0.3 is 11.9 Å². The summed E-state index contributed by atoms with van der Waals surface area (Å²) in [7, 11) is -2.57. The number of carbonyl (C=O) groups is 2. The molecule has 0 saturated carbocycles. The van der Waals surface area contributed by atoms with Crippen molar-refractivity contribution in [1.29, 1.82) is 0 Å². The van der Waals surface area contributed by atoms with Gasteiger partial charge in [-0.15, -0.1) is 0 Å². The fourth-order valence-corrected chi connectivity index (χ4v) is 3.83. The molecule has 0 aliphatic carbocycles. The van der Waals surface area contributed by atoms with E-state index in [1.165, 1.54) is 18.2 Å². The molecular weight excluding hydrogens is 752 g/mol. The zero-order valence-electron chi connectivity index (χ0n) is 27.2. The lowest BCUT2D eigenvalue weighted by Crippen LogP contribution is -2.25. The number of nitro groups is 1. The molecule has 1 unspecified atom stereocenters. The number of esters is 1. The summed E-state index contributed by atoms with van der Waals surface area (Å²) in [6, 6.07) is 8.35. The number of nitrogens with one attached hydrogen (secondary N) is 3. The Balaban J connectivity index is 0.000000725. The molecule has 3 aromatic rings. The van der Waals surface area contributed by atoms with Crippen LogP contribution in [0.4, 0.5) is 17.6 Å². The number of nitrogens with zero attached hydrogens (tertiary/aromatic N) is 4. The summed E-state index contributed by atoms with van der Waals surface area (Å²) in [6.07, 6.45) is 5.87. The summed E-state index contributed by atoms with van der Waals surface area (Å²) in [4.78, 5) is 61.5. The van der Waals surface area contributed by atoms with Crippen LogP contribution < -0.4 is 25.6 Å². The average Bonchev–Trinajstić information content (AvgIpc) is 2.97. The van der Waals surface area contributed by atoms with Crippen LogP contribution in [0.5, 0.6) is 11.5 Å². The van der Waals surface area contributed by atoms with E-state index in [4.69, 9.17) is 49.5 Å². The third-order valence-electron chi connectivity index (χ3n) is 4.56. The second-order valence-corrected chi connectivity index (χ2v) is 14.5. The lowest BCUT2D eigenvalue weighted by molar-refractivity contribution is -0.385. The smallest absolute Gasteiger partial charge is 0.345 e. The van der Waals surface area contributed by atoms with Gasteiger partial charge in [0.25, 0.3) is 5.69 Å². The van der Waals surface area contributed by atoms with Crippen LogP contribution in [-0.4, -0.2) is 93.6 Å². The van der Waals surface area contributed by atoms with Crippen molar-refractivity contribution in [2.45, 2.75) is 13.8 Å². The Bertz CT molecular complexity index is 1540. The minimum Gasteiger partial charge on any atom is -0.778 e. The zero-order valence-corrected chi connectivity index (χ0v) is 31.2. The van der Waals surface area contributed by atoms with Crippen molar-refractivity contribution in [3.63, 3.8) is 0 Å². The molecule has 22 heteroatoms. The maximum atomic E-state index is 11.6. The van der Waals surface area contributed by atoms with Crippen LogP contribution >= 0.6 is 42.4 Å². The number of hydrogen-bond donors (Lipinski definition) is 5. The van der Waals surface area contributed by atoms with Gasteiger partial charge in [0, 0.05) is 30.2 Å². The van der Waals surface area contributed by atoms with E-state index in [-0.39, 0.29) is 27.3 Å². The van der Waals surface area contributed by atoms with Gasteiger partial charge in [0.2, 0.25) is 17.2 Å². The van der Waals surface area contributed by atoms with Gasteiger partial charge in [0.1, 0.15) is 24.7 Å². The summed E-state index contributed by atoms with van der Waals surface area (Å²) in [5, 5.41) is 27.7.